The minimum atomic E-state index is -1.98. The van der Waals surface area contributed by atoms with Crippen LogP contribution in [-0.2, 0) is 18.6 Å². The van der Waals surface area contributed by atoms with Gasteiger partial charge in [0, 0.05) is 7.11 Å². The highest BCUT2D eigenvalue weighted by molar-refractivity contribution is 6.74. The molecule has 1 aromatic rings. The van der Waals surface area contributed by atoms with Gasteiger partial charge in [-0.25, -0.2) is 4.79 Å². The van der Waals surface area contributed by atoms with Crippen molar-refractivity contribution in [3.8, 4) is 0 Å². The first-order valence-electron chi connectivity index (χ1n) is 8.83. The number of esters is 1. The maximum Gasteiger partial charge on any atom is 0.338 e. The molecule has 0 radical (unpaired) electrons. The lowest BCUT2D eigenvalue weighted by atomic mass is 10.1. The van der Waals surface area contributed by atoms with E-state index in [2.05, 4.69) is 33.9 Å². The van der Waals surface area contributed by atoms with Crippen LogP contribution in [0.25, 0.3) is 0 Å². The highest BCUT2D eigenvalue weighted by atomic mass is 28.4. The lowest BCUT2D eigenvalue weighted by molar-refractivity contribution is -0.154. The number of benzene rings is 1. The Labute approximate surface area is 156 Å². The number of methoxy groups -OCH3 is 1. The number of hydrogen-bond acceptors (Lipinski definition) is 6. The Morgan fingerprint density at radius 1 is 1.23 bits per heavy atom. The zero-order valence-corrected chi connectivity index (χ0v) is 17.4. The maximum absolute atomic E-state index is 12.3. The molecule has 1 fully saturated rings. The summed E-state index contributed by atoms with van der Waals surface area (Å²) in [6.07, 6.45) is -3.36. The Morgan fingerprint density at radius 3 is 2.38 bits per heavy atom. The number of aliphatic hydroxyl groups excluding tert-OH is 1. The highest BCUT2D eigenvalue weighted by Crippen LogP contribution is 2.37. The molecule has 0 amide bonds. The van der Waals surface area contributed by atoms with Crippen LogP contribution in [0.3, 0.4) is 0 Å². The molecule has 0 saturated carbocycles. The predicted molar refractivity (Wildman–Crippen MR) is 100 cm³/mol. The van der Waals surface area contributed by atoms with Crippen molar-refractivity contribution < 1.29 is 28.5 Å². The first kappa shape index (κ1) is 21.1. The fourth-order valence-electron chi connectivity index (χ4n) is 2.43. The normalized spacial score (nSPS) is 26.7. The van der Waals surface area contributed by atoms with Gasteiger partial charge in [-0.3, -0.25) is 0 Å². The molecule has 7 heteroatoms. The van der Waals surface area contributed by atoms with E-state index in [1.165, 1.54) is 7.11 Å². The van der Waals surface area contributed by atoms with Crippen molar-refractivity contribution in [1.29, 1.82) is 0 Å². The van der Waals surface area contributed by atoms with Crippen molar-refractivity contribution in [2.45, 2.75) is 63.5 Å². The molecule has 0 aromatic heterocycles. The first-order valence-corrected chi connectivity index (χ1v) is 11.7. The topological polar surface area (TPSA) is 74.2 Å². The molecule has 146 valence electrons. The average molecular weight is 383 g/mol. The molecule has 1 heterocycles. The number of aliphatic hydroxyl groups is 1. The van der Waals surface area contributed by atoms with Crippen LogP contribution in [-0.4, -0.2) is 57.7 Å². The summed E-state index contributed by atoms with van der Waals surface area (Å²) < 4.78 is 22.6. The van der Waals surface area contributed by atoms with E-state index in [1.54, 1.807) is 24.3 Å². The number of carbonyl (C=O) groups is 1. The van der Waals surface area contributed by atoms with Crippen molar-refractivity contribution >= 4 is 14.3 Å². The Hall–Kier alpha value is -1.25. The zero-order chi connectivity index (χ0) is 19.5. The summed E-state index contributed by atoms with van der Waals surface area (Å²) in [6, 6.07) is 8.63. The summed E-state index contributed by atoms with van der Waals surface area (Å²) in [5.41, 5.74) is 0.413. The molecule has 1 aromatic carbocycles. The van der Waals surface area contributed by atoms with E-state index in [0.717, 1.165) is 0 Å². The molecule has 6 nitrogen and oxygen atoms in total. The van der Waals surface area contributed by atoms with E-state index in [9.17, 15) is 9.90 Å². The van der Waals surface area contributed by atoms with Crippen LogP contribution in [0.15, 0.2) is 30.3 Å². The summed E-state index contributed by atoms with van der Waals surface area (Å²) in [6.45, 7) is 10.9. The van der Waals surface area contributed by atoms with Crippen LogP contribution in [0.1, 0.15) is 31.1 Å². The van der Waals surface area contributed by atoms with Gasteiger partial charge in [0.15, 0.2) is 20.7 Å². The Kier molecular flexibility index (Phi) is 6.63. The van der Waals surface area contributed by atoms with Gasteiger partial charge in [0.25, 0.3) is 0 Å². The minimum Gasteiger partial charge on any atom is -0.450 e. The zero-order valence-electron chi connectivity index (χ0n) is 16.4. The minimum absolute atomic E-state index is 0.0520. The molecule has 1 aliphatic heterocycles. The standard InChI is InChI=1S/C19H30O6Si/c1-19(2,3)26(5,6)23-12-14-15(20)16(18(22-4)24-14)25-17(21)13-10-8-7-9-11-13/h7-11,14-16,18,20H,12H2,1-6H3/t14-,15-,16-,18+/m1/s1. The molecule has 2 rings (SSSR count). The van der Waals surface area contributed by atoms with Gasteiger partial charge >= 0.3 is 5.97 Å². The van der Waals surface area contributed by atoms with Crippen molar-refractivity contribution in [2.75, 3.05) is 13.7 Å². The molecule has 4 atom stereocenters. The van der Waals surface area contributed by atoms with Crippen molar-refractivity contribution in [1.82, 2.24) is 0 Å². The Bertz CT molecular complexity index is 598. The van der Waals surface area contributed by atoms with Crippen LogP contribution in [0.5, 0.6) is 0 Å². The molecule has 1 saturated heterocycles. The summed E-state index contributed by atoms with van der Waals surface area (Å²) >= 11 is 0. The van der Waals surface area contributed by atoms with Gasteiger partial charge in [-0.05, 0) is 30.3 Å². The Balaban J connectivity index is 2.02. The van der Waals surface area contributed by atoms with Crippen LogP contribution in [0, 0.1) is 0 Å². The van der Waals surface area contributed by atoms with E-state index in [4.69, 9.17) is 18.6 Å². The third kappa shape index (κ3) is 4.72. The number of carbonyl (C=O) groups excluding carboxylic acids is 1. The Morgan fingerprint density at radius 2 is 1.85 bits per heavy atom. The smallest absolute Gasteiger partial charge is 0.338 e. The van der Waals surface area contributed by atoms with E-state index in [1.807, 2.05) is 6.07 Å². The van der Waals surface area contributed by atoms with E-state index >= 15 is 0 Å². The number of ether oxygens (including phenoxy) is 3. The molecule has 1 N–H and O–H groups in total. The lowest BCUT2D eigenvalue weighted by Crippen LogP contribution is -2.45. The van der Waals surface area contributed by atoms with Gasteiger partial charge in [-0.15, -0.1) is 0 Å². The second-order valence-electron chi connectivity index (χ2n) is 8.08. The van der Waals surface area contributed by atoms with Crippen LogP contribution in [0.4, 0.5) is 0 Å². The van der Waals surface area contributed by atoms with E-state index in [-0.39, 0.29) is 11.6 Å². The largest absolute Gasteiger partial charge is 0.450 e. The lowest BCUT2D eigenvalue weighted by Gasteiger charge is -2.37. The van der Waals surface area contributed by atoms with Gasteiger partial charge in [-0.1, -0.05) is 39.0 Å². The third-order valence-electron chi connectivity index (χ3n) is 5.19. The van der Waals surface area contributed by atoms with Gasteiger partial charge in [-0.2, -0.15) is 0 Å². The van der Waals surface area contributed by atoms with Gasteiger partial charge < -0.3 is 23.7 Å². The molecule has 26 heavy (non-hydrogen) atoms. The molecular formula is C19H30O6Si. The van der Waals surface area contributed by atoms with Crippen LogP contribution >= 0.6 is 0 Å². The number of rotatable bonds is 6. The summed E-state index contributed by atoms with van der Waals surface area (Å²) in [7, 11) is -0.524. The van der Waals surface area contributed by atoms with Crippen LogP contribution < -0.4 is 0 Å². The molecule has 1 aliphatic rings. The maximum atomic E-state index is 12.3. The fourth-order valence-corrected chi connectivity index (χ4v) is 3.44. The third-order valence-corrected chi connectivity index (χ3v) is 9.69. The molecular weight excluding hydrogens is 352 g/mol. The van der Waals surface area contributed by atoms with Gasteiger partial charge in [0.05, 0.1) is 12.2 Å². The summed E-state index contributed by atoms with van der Waals surface area (Å²) in [5.74, 6) is -0.522. The SMILES string of the molecule is CO[C@H]1O[C@H](CO[Si](C)(C)C(C)(C)C)[C@@H](O)[C@H]1OC(=O)c1ccccc1. The van der Waals surface area contributed by atoms with Crippen LogP contribution in [0.2, 0.25) is 18.1 Å². The second kappa shape index (κ2) is 8.18. The highest BCUT2D eigenvalue weighted by Gasteiger charge is 2.48. The predicted octanol–water partition coefficient (Wildman–Crippen LogP) is 2.97. The molecule has 0 aliphatic carbocycles. The number of hydrogen-bond donors (Lipinski definition) is 1. The van der Waals surface area contributed by atoms with E-state index in [0.29, 0.717) is 5.56 Å². The van der Waals surface area contributed by atoms with Gasteiger partial charge in [0.1, 0.15) is 12.2 Å². The fraction of sp³-hybridized carbons (Fsp3) is 0.632. The molecule has 0 bridgehead atoms. The van der Waals surface area contributed by atoms with Gasteiger partial charge in [0.2, 0.25) is 0 Å². The summed E-state index contributed by atoms with van der Waals surface area (Å²) in [4.78, 5) is 12.3. The van der Waals surface area contributed by atoms with E-state index < -0.39 is 38.9 Å². The average Bonchev–Trinajstić information content (AvgIpc) is 2.88. The molecule has 0 spiro atoms. The molecule has 0 unspecified atom stereocenters. The second-order valence-corrected chi connectivity index (χ2v) is 12.9. The quantitative estimate of drug-likeness (QED) is 0.602. The first-order chi connectivity index (χ1) is 12.1. The van der Waals surface area contributed by atoms with Crippen molar-refractivity contribution in [2.24, 2.45) is 0 Å². The van der Waals surface area contributed by atoms with Crippen molar-refractivity contribution in [3.05, 3.63) is 35.9 Å². The van der Waals surface area contributed by atoms with Crippen molar-refractivity contribution in [3.63, 3.8) is 0 Å². The monoisotopic (exact) mass is 382 g/mol. The summed E-state index contributed by atoms with van der Waals surface area (Å²) in [5, 5.41) is 10.7.